The van der Waals surface area contributed by atoms with Crippen molar-refractivity contribution in [2.24, 2.45) is 0 Å². The van der Waals surface area contributed by atoms with E-state index in [1.54, 1.807) is 6.07 Å². The number of hydrogen-bond donors (Lipinski definition) is 2. The van der Waals surface area contributed by atoms with Crippen LogP contribution in [0.1, 0.15) is 65.8 Å². The van der Waals surface area contributed by atoms with Gasteiger partial charge in [0.1, 0.15) is 46.9 Å². The van der Waals surface area contributed by atoms with Gasteiger partial charge in [-0.3, -0.25) is 4.90 Å². The molecule has 10 nitrogen and oxygen atoms in total. The van der Waals surface area contributed by atoms with Crippen LogP contribution in [-0.2, 0) is 37.3 Å². The van der Waals surface area contributed by atoms with Gasteiger partial charge < -0.3 is 25.0 Å². The van der Waals surface area contributed by atoms with Gasteiger partial charge in [0.05, 0.1) is 51.5 Å². The van der Waals surface area contributed by atoms with Crippen molar-refractivity contribution in [2.75, 3.05) is 30.7 Å². The molecule has 2 fully saturated rings. The van der Waals surface area contributed by atoms with Gasteiger partial charge in [-0.15, -0.1) is 11.3 Å². The third kappa shape index (κ3) is 4.86. The smallest absolute Gasteiger partial charge is 0.319 e. The van der Waals surface area contributed by atoms with Crippen molar-refractivity contribution in [3.05, 3.63) is 56.7 Å². The number of aromatic nitrogens is 3. The molecule has 9 rings (SSSR count). The monoisotopic (exact) mass is 703 g/mol. The first-order chi connectivity index (χ1) is 23.8. The van der Waals surface area contributed by atoms with E-state index in [4.69, 9.17) is 41.3 Å². The zero-order valence-electron chi connectivity index (χ0n) is 26.5. The fourth-order valence-corrected chi connectivity index (χ4v) is 9.70. The summed E-state index contributed by atoms with van der Waals surface area (Å²) in [5.41, 5.74) is 11.2. The van der Waals surface area contributed by atoms with Gasteiger partial charge in [-0.1, -0.05) is 22.8 Å². The molecule has 3 aliphatic heterocycles. The van der Waals surface area contributed by atoms with Gasteiger partial charge >= 0.3 is 6.01 Å². The maximum absolute atomic E-state index is 15.1. The molecule has 4 aliphatic rings. The number of thiophene rings is 1. The second-order valence-electron chi connectivity index (χ2n) is 13.4. The van der Waals surface area contributed by atoms with Crippen molar-refractivity contribution in [1.82, 2.24) is 20.0 Å². The maximum Gasteiger partial charge on any atom is 0.319 e. The lowest BCUT2D eigenvalue weighted by Crippen LogP contribution is -2.43. The summed E-state index contributed by atoms with van der Waals surface area (Å²) in [6.45, 7) is 2.36. The Bertz CT molecular complexity index is 2220. The number of nitrogens with two attached hydrogens (primary N) is 1. The van der Waals surface area contributed by atoms with Gasteiger partial charge in [0.25, 0.3) is 0 Å². The Morgan fingerprint density at radius 3 is 2.90 bits per heavy atom. The van der Waals surface area contributed by atoms with Crippen LogP contribution in [0.4, 0.5) is 19.6 Å². The van der Waals surface area contributed by atoms with Gasteiger partial charge in [-0.2, -0.15) is 15.2 Å². The van der Waals surface area contributed by atoms with Crippen molar-refractivity contribution in [1.29, 1.82) is 5.26 Å². The van der Waals surface area contributed by atoms with Gasteiger partial charge in [-0.25, -0.2) is 8.78 Å². The zero-order chi connectivity index (χ0) is 33.4. The first-order valence-corrected chi connectivity index (χ1v) is 17.8. The van der Waals surface area contributed by atoms with Crippen molar-refractivity contribution < 1.29 is 22.8 Å². The number of nitrogens with one attached hydrogen (secondary N) is 1. The standard InChI is InChI=1S/C35H32ClF2N7O3S/c36-29-26(19-6-7-23(38)31-27(19)20(11-39)32(40)49-31)21-14-46-15-22(21)28-30(29)42-34(47-16-35-8-3-9-45(35)13-17(37)10-35)43-33(28)41-12-24-18-4-1-2-5-25(18)48-44-24/h6-7,17H,1-5,8-10,12-16,40H2,(H,41,42,43). The number of anilines is 2. The van der Waals surface area contributed by atoms with Crippen molar-refractivity contribution in [3.8, 4) is 23.2 Å². The van der Waals surface area contributed by atoms with Crippen LogP contribution in [0.3, 0.4) is 0 Å². The molecular weight excluding hydrogens is 672 g/mol. The van der Waals surface area contributed by atoms with Crippen LogP contribution in [0.25, 0.3) is 32.1 Å². The van der Waals surface area contributed by atoms with Crippen LogP contribution in [-0.4, -0.2) is 51.4 Å². The molecule has 3 N–H and O–H groups in total. The molecule has 0 radical (unpaired) electrons. The lowest BCUT2D eigenvalue weighted by molar-refractivity contribution is 0.107. The Kier molecular flexibility index (Phi) is 7.42. The van der Waals surface area contributed by atoms with E-state index in [9.17, 15) is 9.65 Å². The molecule has 0 saturated carbocycles. The number of benzene rings is 2. The molecule has 0 amide bonds. The van der Waals surface area contributed by atoms with Crippen LogP contribution in [0.15, 0.2) is 16.7 Å². The highest BCUT2D eigenvalue weighted by molar-refractivity contribution is 7.23. The Balaban J connectivity index is 1.21. The average Bonchev–Trinajstić information content (AvgIpc) is 3.92. The Labute approximate surface area is 289 Å². The number of halogens is 3. The molecular formula is C35H32ClF2N7O3S. The van der Waals surface area contributed by atoms with E-state index in [1.165, 1.54) is 6.07 Å². The molecule has 0 spiro atoms. The fourth-order valence-electron chi connectivity index (χ4n) is 8.40. The van der Waals surface area contributed by atoms with Crippen LogP contribution in [0.2, 0.25) is 5.02 Å². The summed E-state index contributed by atoms with van der Waals surface area (Å²) >= 11 is 8.39. The molecule has 49 heavy (non-hydrogen) atoms. The first-order valence-electron chi connectivity index (χ1n) is 16.6. The number of fused-ring (bicyclic) bond motifs is 6. The maximum atomic E-state index is 15.1. The minimum absolute atomic E-state index is 0.106. The van der Waals surface area contributed by atoms with Crippen molar-refractivity contribution in [2.45, 2.75) is 76.4 Å². The Morgan fingerprint density at radius 1 is 1.16 bits per heavy atom. The summed E-state index contributed by atoms with van der Waals surface area (Å²) in [5, 5.41) is 19.5. The summed E-state index contributed by atoms with van der Waals surface area (Å²) < 4.78 is 48.0. The summed E-state index contributed by atoms with van der Waals surface area (Å²) in [6.07, 6.45) is 5.27. The molecule has 2 aromatic carbocycles. The molecule has 3 aromatic heterocycles. The normalized spacial score (nSPS) is 21.6. The number of nitrogen functional groups attached to an aromatic ring is 1. The molecule has 1 aliphatic carbocycles. The summed E-state index contributed by atoms with van der Waals surface area (Å²) in [4.78, 5) is 11.9. The highest BCUT2D eigenvalue weighted by Crippen LogP contribution is 2.49. The molecule has 14 heteroatoms. The zero-order valence-corrected chi connectivity index (χ0v) is 28.1. The predicted octanol–water partition coefficient (Wildman–Crippen LogP) is 7.22. The predicted molar refractivity (Wildman–Crippen MR) is 182 cm³/mol. The topological polar surface area (TPSA) is 135 Å². The number of ether oxygens (including phenoxy) is 2. The van der Waals surface area contributed by atoms with Crippen LogP contribution >= 0.6 is 22.9 Å². The number of alkyl halides is 1. The summed E-state index contributed by atoms with van der Waals surface area (Å²) in [6, 6.07) is 5.26. The first kappa shape index (κ1) is 30.9. The number of nitrogens with zero attached hydrogens (tertiary/aromatic N) is 5. The van der Waals surface area contributed by atoms with Gasteiger partial charge in [0.15, 0.2) is 0 Å². The number of nitriles is 1. The van der Waals surface area contributed by atoms with E-state index in [-0.39, 0.29) is 41.1 Å². The molecule has 252 valence electrons. The number of hydrogen-bond acceptors (Lipinski definition) is 11. The quantitative estimate of drug-likeness (QED) is 0.179. The van der Waals surface area contributed by atoms with E-state index < -0.39 is 17.5 Å². The summed E-state index contributed by atoms with van der Waals surface area (Å²) in [7, 11) is 0. The fraction of sp³-hybridized carbons (Fsp3) is 0.429. The van der Waals surface area contributed by atoms with Crippen molar-refractivity contribution in [3.63, 3.8) is 0 Å². The average molecular weight is 704 g/mol. The van der Waals surface area contributed by atoms with Crippen molar-refractivity contribution >= 4 is 54.7 Å². The van der Waals surface area contributed by atoms with Crippen LogP contribution in [0, 0.1) is 17.1 Å². The molecule has 6 heterocycles. The van der Waals surface area contributed by atoms with Crippen LogP contribution < -0.4 is 15.8 Å². The van der Waals surface area contributed by atoms with Gasteiger partial charge in [0, 0.05) is 35.9 Å². The van der Waals surface area contributed by atoms with Gasteiger partial charge in [0.2, 0.25) is 0 Å². The third-order valence-corrected chi connectivity index (χ3v) is 12.1. The molecule has 2 unspecified atom stereocenters. The lowest BCUT2D eigenvalue weighted by atomic mass is 9.91. The second kappa shape index (κ2) is 11.8. The van der Waals surface area contributed by atoms with Gasteiger partial charge in [-0.05, 0) is 61.4 Å². The minimum atomic E-state index is -0.899. The second-order valence-corrected chi connectivity index (χ2v) is 14.9. The van der Waals surface area contributed by atoms with E-state index in [1.807, 2.05) is 0 Å². The molecule has 2 atom stereocenters. The SMILES string of the molecule is N#Cc1c(N)sc2c(F)ccc(-c3c4c(c5c(NCc6noc7c6CCCC7)nc(OCC67CCCN6CC(F)C7)nc5c3Cl)COC4)c12. The van der Waals surface area contributed by atoms with Crippen LogP contribution in [0.5, 0.6) is 6.01 Å². The molecule has 2 saturated heterocycles. The Hall–Kier alpha value is -4.09. The number of rotatable bonds is 7. The number of aryl methyl sites for hydroxylation is 1. The molecule has 5 aromatic rings. The van der Waals surface area contributed by atoms with E-state index >= 15 is 4.39 Å². The highest BCUT2D eigenvalue weighted by atomic mass is 35.5. The highest BCUT2D eigenvalue weighted by Gasteiger charge is 2.49. The lowest BCUT2D eigenvalue weighted by Gasteiger charge is -2.30. The van der Waals surface area contributed by atoms with E-state index in [0.717, 1.165) is 84.6 Å². The van der Waals surface area contributed by atoms with E-state index in [2.05, 4.69) is 21.4 Å². The molecule has 0 bridgehead atoms. The minimum Gasteiger partial charge on any atom is -0.461 e. The summed E-state index contributed by atoms with van der Waals surface area (Å²) in [5.74, 6) is 0.963. The van der Waals surface area contributed by atoms with E-state index in [0.29, 0.717) is 57.8 Å². The largest absolute Gasteiger partial charge is 0.461 e. The Morgan fingerprint density at radius 2 is 2.02 bits per heavy atom. The third-order valence-electron chi connectivity index (χ3n) is 10.7.